The highest BCUT2D eigenvalue weighted by molar-refractivity contribution is 7.26. The average Bonchev–Trinajstić information content (AvgIpc) is 4.04. The van der Waals surface area contributed by atoms with Crippen molar-refractivity contribution in [2.45, 2.75) is 5.41 Å². The maximum absolute atomic E-state index is 6.60. The van der Waals surface area contributed by atoms with Crippen molar-refractivity contribution < 1.29 is 4.42 Å². The summed E-state index contributed by atoms with van der Waals surface area (Å²) in [6, 6.07) is 77.8. The Morgan fingerprint density at radius 3 is 1.68 bits per heavy atom. The zero-order chi connectivity index (χ0) is 39.4. The van der Waals surface area contributed by atoms with E-state index in [2.05, 4.69) is 217 Å². The molecule has 0 bridgehead atoms. The van der Waals surface area contributed by atoms with Crippen LogP contribution in [0.5, 0.6) is 0 Å². The maximum Gasteiger partial charge on any atom is 0.154 e. The third kappa shape index (κ3) is 4.58. The molecule has 1 spiro atoms. The summed E-state index contributed by atoms with van der Waals surface area (Å²) in [5.41, 5.74) is 20.3. The summed E-state index contributed by atoms with van der Waals surface area (Å²) in [6.07, 6.45) is 0. The van der Waals surface area contributed by atoms with E-state index in [-0.39, 0.29) is 5.41 Å². The molecule has 2 heterocycles. The normalized spacial score (nSPS) is 13.1. The van der Waals surface area contributed by atoms with E-state index in [0.29, 0.717) is 0 Å². The fourth-order valence-corrected chi connectivity index (χ4v) is 11.6. The summed E-state index contributed by atoms with van der Waals surface area (Å²) in [7, 11) is 0. The minimum atomic E-state index is -0.380. The van der Waals surface area contributed by atoms with Crippen LogP contribution in [0.25, 0.3) is 75.8 Å². The molecule has 0 unspecified atom stereocenters. The summed E-state index contributed by atoms with van der Waals surface area (Å²) in [4.78, 5) is 2.32. The maximum atomic E-state index is 6.60. The van der Waals surface area contributed by atoms with Crippen LogP contribution in [0.4, 0.5) is 17.1 Å². The number of furan rings is 1. The molecule has 2 aromatic heterocycles. The Bertz CT molecular complexity index is 3460. The molecule has 2 nitrogen and oxygen atoms in total. The van der Waals surface area contributed by atoms with E-state index in [9.17, 15) is 0 Å². The minimum Gasteiger partial charge on any atom is -0.454 e. The van der Waals surface area contributed by atoms with Crippen molar-refractivity contribution >= 4 is 59.7 Å². The SMILES string of the molecule is c1ccc(N(c2ccc(-c3ccccc3-c3cccc4c3-c3ccccc3C43c4ccccc4-c4ccccc43)cc2)c2ccc3c(c2)oc2c4ccccc4sc32)cc1. The van der Waals surface area contributed by atoms with Gasteiger partial charge in [0.15, 0.2) is 5.58 Å². The molecular weight excluding hydrogens is 747 g/mol. The monoisotopic (exact) mass is 781 g/mol. The first-order valence-corrected chi connectivity index (χ1v) is 21.4. The summed E-state index contributed by atoms with van der Waals surface area (Å²) >= 11 is 1.80. The molecule has 0 saturated heterocycles. The van der Waals surface area contributed by atoms with Crippen LogP contribution in [0.2, 0.25) is 0 Å². The largest absolute Gasteiger partial charge is 0.454 e. The van der Waals surface area contributed by atoms with E-state index in [1.54, 1.807) is 11.3 Å². The van der Waals surface area contributed by atoms with E-state index < -0.39 is 0 Å². The minimum absolute atomic E-state index is 0.380. The summed E-state index contributed by atoms with van der Waals surface area (Å²) in [5, 5.41) is 2.32. The van der Waals surface area contributed by atoms with Gasteiger partial charge in [-0.25, -0.2) is 0 Å². The van der Waals surface area contributed by atoms with E-state index in [1.165, 1.54) is 81.5 Å². The van der Waals surface area contributed by atoms with Crippen molar-refractivity contribution in [3.05, 3.63) is 235 Å². The van der Waals surface area contributed by atoms with E-state index in [1.807, 2.05) is 0 Å². The number of para-hydroxylation sites is 1. The lowest BCUT2D eigenvalue weighted by Crippen LogP contribution is -2.25. The molecule has 0 fully saturated rings. The molecule has 13 rings (SSSR count). The lowest BCUT2D eigenvalue weighted by molar-refractivity contribution is 0.673. The van der Waals surface area contributed by atoms with Gasteiger partial charge in [0.1, 0.15) is 5.58 Å². The number of rotatable bonds is 5. The van der Waals surface area contributed by atoms with Crippen LogP contribution in [-0.4, -0.2) is 0 Å². The lowest BCUT2D eigenvalue weighted by atomic mass is 9.70. The quantitative estimate of drug-likeness (QED) is 0.173. The number of nitrogens with zero attached hydrogens (tertiary/aromatic N) is 1. The number of hydrogen-bond acceptors (Lipinski definition) is 3. The molecule has 3 heteroatoms. The van der Waals surface area contributed by atoms with Gasteiger partial charge < -0.3 is 9.32 Å². The summed E-state index contributed by atoms with van der Waals surface area (Å²) < 4.78 is 9.06. The highest BCUT2D eigenvalue weighted by Gasteiger charge is 2.52. The van der Waals surface area contributed by atoms with Crippen LogP contribution in [0.15, 0.2) is 217 Å². The molecule has 9 aromatic carbocycles. The predicted octanol–water partition coefficient (Wildman–Crippen LogP) is 15.9. The molecule has 0 N–H and O–H groups in total. The molecule has 60 heavy (non-hydrogen) atoms. The fraction of sp³-hybridized carbons (Fsp3) is 0.0175. The Kier molecular flexibility index (Phi) is 7.13. The second-order valence-electron chi connectivity index (χ2n) is 15.9. The smallest absolute Gasteiger partial charge is 0.154 e. The van der Waals surface area contributed by atoms with Crippen LogP contribution in [0.1, 0.15) is 22.3 Å². The summed E-state index contributed by atoms with van der Waals surface area (Å²) in [5.74, 6) is 0. The molecule has 0 amide bonds. The first-order chi connectivity index (χ1) is 29.8. The lowest BCUT2D eigenvalue weighted by Gasteiger charge is -2.30. The van der Waals surface area contributed by atoms with Crippen LogP contribution in [0, 0.1) is 0 Å². The third-order valence-electron chi connectivity index (χ3n) is 12.9. The molecule has 2 aliphatic carbocycles. The number of fused-ring (bicyclic) bond motifs is 15. The Hall–Kier alpha value is -7.46. The molecule has 0 atom stereocenters. The van der Waals surface area contributed by atoms with Crippen LogP contribution < -0.4 is 4.90 Å². The molecule has 0 radical (unpaired) electrons. The van der Waals surface area contributed by atoms with Crippen molar-refractivity contribution in [1.82, 2.24) is 0 Å². The van der Waals surface area contributed by atoms with Crippen molar-refractivity contribution in [1.29, 1.82) is 0 Å². The van der Waals surface area contributed by atoms with Crippen molar-refractivity contribution in [2.75, 3.05) is 4.90 Å². The number of hydrogen-bond donors (Lipinski definition) is 0. The average molecular weight is 782 g/mol. The van der Waals surface area contributed by atoms with E-state index >= 15 is 0 Å². The molecule has 11 aromatic rings. The van der Waals surface area contributed by atoms with Gasteiger partial charge in [-0.2, -0.15) is 0 Å². The van der Waals surface area contributed by atoms with Crippen molar-refractivity contribution in [3.63, 3.8) is 0 Å². The highest BCUT2D eigenvalue weighted by atomic mass is 32.1. The Morgan fingerprint density at radius 2 is 0.933 bits per heavy atom. The second-order valence-corrected chi connectivity index (χ2v) is 17.0. The van der Waals surface area contributed by atoms with Crippen molar-refractivity contribution in [3.8, 4) is 44.5 Å². The second kappa shape index (κ2) is 12.8. The van der Waals surface area contributed by atoms with Gasteiger partial charge in [0.25, 0.3) is 0 Å². The van der Waals surface area contributed by atoms with Crippen molar-refractivity contribution in [2.24, 2.45) is 0 Å². The first-order valence-electron chi connectivity index (χ1n) is 20.6. The molecule has 2 aliphatic rings. The predicted molar refractivity (Wildman–Crippen MR) is 251 cm³/mol. The Labute approximate surface area is 351 Å². The molecule has 0 aliphatic heterocycles. The van der Waals surface area contributed by atoms with Gasteiger partial charge in [0, 0.05) is 38.6 Å². The van der Waals surface area contributed by atoms with Gasteiger partial charge in [-0.15, -0.1) is 11.3 Å². The molecule has 0 saturated carbocycles. The van der Waals surface area contributed by atoms with E-state index in [4.69, 9.17) is 4.42 Å². The standard InChI is InChI=1S/C57H35NOS/c1-2-15-37(16-3-1)58(39-33-34-46-52(35-39)59-55-47-22-9-13-28-53(47)60-56(46)55)38-31-29-36(30-32-38)40-17-4-5-18-41(40)44-23-14-27-51-54(44)45-21-8-12-26-50(45)57(51)48-24-10-6-19-42(48)43-20-7-11-25-49(43)57/h1-35H. The van der Waals surface area contributed by atoms with Gasteiger partial charge in [-0.3, -0.25) is 0 Å². The van der Waals surface area contributed by atoms with Crippen LogP contribution in [-0.2, 0) is 5.41 Å². The van der Waals surface area contributed by atoms with Gasteiger partial charge in [0.05, 0.1) is 10.1 Å². The number of anilines is 3. The van der Waals surface area contributed by atoms with Gasteiger partial charge >= 0.3 is 0 Å². The topological polar surface area (TPSA) is 16.4 Å². The van der Waals surface area contributed by atoms with Gasteiger partial charge in [-0.1, -0.05) is 158 Å². The van der Waals surface area contributed by atoms with E-state index in [0.717, 1.165) is 33.6 Å². The Morgan fingerprint density at radius 1 is 0.383 bits per heavy atom. The zero-order valence-corrected chi connectivity index (χ0v) is 33.3. The third-order valence-corrected chi connectivity index (χ3v) is 14.1. The zero-order valence-electron chi connectivity index (χ0n) is 32.5. The van der Waals surface area contributed by atoms with Crippen LogP contribution in [0.3, 0.4) is 0 Å². The first kappa shape index (κ1) is 33.5. The number of benzene rings is 9. The fourth-order valence-electron chi connectivity index (χ4n) is 10.5. The molecular formula is C57H35NOS. The highest BCUT2D eigenvalue weighted by Crippen LogP contribution is 2.64. The summed E-state index contributed by atoms with van der Waals surface area (Å²) in [6.45, 7) is 0. The van der Waals surface area contributed by atoms with Crippen LogP contribution >= 0.6 is 11.3 Å². The molecule has 280 valence electrons. The Balaban J connectivity index is 0.942. The van der Waals surface area contributed by atoms with Gasteiger partial charge in [0.2, 0.25) is 0 Å². The number of thiophene rings is 1. The van der Waals surface area contributed by atoms with Gasteiger partial charge in [-0.05, 0) is 115 Å².